The Balaban J connectivity index is 2.60. The van der Waals surface area contributed by atoms with Crippen LogP contribution in [0, 0.1) is 11.3 Å². The minimum absolute atomic E-state index is 0.114. The highest BCUT2D eigenvalue weighted by Crippen LogP contribution is 2.25. The molecule has 2 atom stereocenters. The van der Waals surface area contributed by atoms with Crippen LogP contribution in [0.15, 0.2) is 0 Å². The summed E-state index contributed by atoms with van der Waals surface area (Å²) in [5.41, 5.74) is 0. The smallest absolute Gasteiger partial charge is 0.164 e. The second-order valence-corrected chi connectivity index (χ2v) is 3.30. The second kappa shape index (κ2) is 2.80. The van der Waals surface area contributed by atoms with Gasteiger partial charge >= 0.3 is 0 Å². The summed E-state index contributed by atoms with van der Waals surface area (Å²) >= 11 is 0. The van der Waals surface area contributed by atoms with Gasteiger partial charge in [0.05, 0.1) is 12.2 Å². The molecule has 1 heterocycles. The van der Waals surface area contributed by atoms with Gasteiger partial charge in [0.15, 0.2) is 5.79 Å². The molecule has 3 heteroatoms. The molecule has 0 bridgehead atoms. The standard InChI is InChI=1S/C8H13NO2/c1-6-4-7(5-9)11-8(2,3)10-6/h6-7H,4H2,1-3H3/t6-,7+/m0/s1. The Kier molecular flexibility index (Phi) is 2.17. The van der Waals surface area contributed by atoms with Gasteiger partial charge in [0.25, 0.3) is 0 Å². The molecule has 1 fully saturated rings. The molecule has 11 heavy (non-hydrogen) atoms. The third-order valence-corrected chi connectivity index (χ3v) is 1.60. The van der Waals surface area contributed by atoms with Crippen LogP contribution in [0.25, 0.3) is 0 Å². The zero-order valence-electron chi connectivity index (χ0n) is 7.13. The van der Waals surface area contributed by atoms with Crippen molar-refractivity contribution < 1.29 is 9.47 Å². The Bertz CT molecular complexity index is 183. The maximum absolute atomic E-state index is 8.61. The zero-order chi connectivity index (χ0) is 8.48. The van der Waals surface area contributed by atoms with E-state index >= 15 is 0 Å². The fourth-order valence-corrected chi connectivity index (χ4v) is 1.33. The van der Waals surface area contributed by atoms with Gasteiger partial charge < -0.3 is 9.47 Å². The van der Waals surface area contributed by atoms with Crippen LogP contribution in [0.4, 0.5) is 0 Å². The number of hydrogen-bond donors (Lipinski definition) is 0. The Hall–Kier alpha value is -0.590. The minimum atomic E-state index is -0.599. The van der Waals surface area contributed by atoms with Crippen LogP contribution in [-0.4, -0.2) is 18.0 Å². The fourth-order valence-electron chi connectivity index (χ4n) is 1.33. The van der Waals surface area contributed by atoms with Crippen molar-refractivity contribution in [2.75, 3.05) is 0 Å². The van der Waals surface area contributed by atoms with Crippen molar-refractivity contribution in [3.8, 4) is 6.07 Å². The fraction of sp³-hybridized carbons (Fsp3) is 0.875. The van der Waals surface area contributed by atoms with Crippen molar-refractivity contribution >= 4 is 0 Å². The highest BCUT2D eigenvalue weighted by atomic mass is 16.7. The maximum atomic E-state index is 8.61. The van der Waals surface area contributed by atoms with Gasteiger partial charge in [-0.25, -0.2) is 0 Å². The van der Waals surface area contributed by atoms with E-state index in [1.54, 1.807) is 0 Å². The normalized spacial score (nSPS) is 36.2. The molecule has 0 aliphatic carbocycles. The molecule has 3 nitrogen and oxygen atoms in total. The average Bonchev–Trinajstić information content (AvgIpc) is 1.83. The Morgan fingerprint density at radius 3 is 2.55 bits per heavy atom. The van der Waals surface area contributed by atoms with Crippen molar-refractivity contribution in [2.45, 2.75) is 45.2 Å². The molecule has 0 N–H and O–H groups in total. The number of rotatable bonds is 0. The first-order valence-corrected chi connectivity index (χ1v) is 3.79. The predicted octanol–water partition coefficient (Wildman–Crippen LogP) is 1.44. The summed E-state index contributed by atoms with van der Waals surface area (Å²) in [7, 11) is 0. The van der Waals surface area contributed by atoms with Crippen LogP contribution in [0.3, 0.4) is 0 Å². The summed E-state index contributed by atoms with van der Waals surface area (Å²) in [6.07, 6.45) is 0.470. The van der Waals surface area contributed by atoms with E-state index in [1.165, 1.54) is 0 Å². The Labute approximate surface area is 66.9 Å². The van der Waals surface area contributed by atoms with Gasteiger partial charge in [-0.1, -0.05) is 0 Å². The molecule has 1 rings (SSSR count). The van der Waals surface area contributed by atoms with E-state index in [2.05, 4.69) is 6.07 Å². The highest BCUT2D eigenvalue weighted by molar-refractivity contribution is 4.89. The molecule has 0 spiro atoms. The first-order valence-electron chi connectivity index (χ1n) is 3.79. The lowest BCUT2D eigenvalue weighted by Gasteiger charge is -2.36. The van der Waals surface area contributed by atoms with Crippen LogP contribution in [0.5, 0.6) is 0 Å². The summed E-state index contributed by atoms with van der Waals surface area (Å²) in [6, 6.07) is 2.09. The first-order chi connectivity index (χ1) is 5.03. The van der Waals surface area contributed by atoms with E-state index in [1.807, 2.05) is 20.8 Å². The summed E-state index contributed by atoms with van der Waals surface area (Å²) in [5, 5.41) is 8.61. The van der Waals surface area contributed by atoms with Crippen LogP contribution in [-0.2, 0) is 9.47 Å². The lowest BCUT2D eigenvalue weighted by Crippen LogP contribution is -2.42. The van der Waals surface area contributed by atoms with E-state index < -0.39 is 5.79 Å². The topological polar surface area (TPSA) is 42.2 Å². The lowest BCUT2D eigenvalue weighted by molar-refractivity contribution is -0.284. The molecular weight excluding hydrogens is 142 g/mol. The molecule has 1 aliphatic heterocycles. The van der Waals surface area contributed by atoms with Gasteiger partial charge in [-0.2, -0.15) is 5.26 Å². The van der Waals surface area contributed by atoms with Gasteiger partial charge in [0.2, 0.25) is 0 Å². The third-order valence-electron chi connectivity index (χ3n) is 1.60. The van der Waals surface area contributed by atoms with Gasteiger partial charge in [0, 0.05) is 6.42 Å². The largest absolute Gasteiger partial charge is 0.347 e. The SMILES string of the molecule is C[C@H]1C[C@H](C#N)OC(C)(C)O1. The van der Waals surface area contributed by atoms with Crippen molar-refractivity contribution in [3.05, 3.63) is 0 Å². The quantitative estimate of drug-likeness (QED) is 0.531. The lowest BCUT2D eigenvalue weighted by atomic mass is 10.1. The van der Waals surface area contributed by atoms with Gasteiger partial charge in [0.1, 0.15) is 6.10 Å². The van der Waals surface area contributed by atoms with Crippen LogP contribution in [0.2, 0.25) is 0 Å². The summed E-state index contributed by atoms with van der Waals surface area (Å²) in [6.45, 7) is 5.61. The Morgan fingerprint density at radius 2 is 2.09 bits per heavy atom. The monoisotopic (exact) mass is 155 g/mol. The van der Waals surface area contributed by atoms with Crippen molar-refractivity contribution in [2.24, 2.45) is 0 Å². The number of hydrogen-bond acceptors (Lipinski definition) is 3. The van der Waals surface area contributed by atoms with Crippen molar-refractivity contribution in [1.29, 1.82) is 5.26 Å². The van der Waals surface area contributed by atoms with Crippen molar-refractivity contribution in [1.82, 2.24) is 0 Å². The van der Waals surface area contributed by atoms with Crippen LogP contribution < -0.4 is 0 Å². The molecule has 62 valence electrons. The van der Waals surface area contributed by atoms with Crippen molar-refractivity contribution in [3.63, 3.8) is 0 Å². The zero-order valence-corrected chi connectivity index (χ0v) is 7.13. The maximum Gasteiger partial charge on any atom is 0.164 e. The van der Waals surface area contributed by atoms with Gasteiger partial charge in [-0.3, -0.25) is 0 Å². The first kappa shape index (κ1) is 8.51. The van der Waals surface area contributed by atoms with E-state index in [9.17, 15) is 0 Å². The van der Waals surface area contributed by atoms with Gasteiger partial charge in [-0.05, 0) is 20.8 Å². The van der Waals surface area contributed by atoms with E-state index in [4.69, 9.17) is 14.7 Å². The molecule has 0 aromatic rings. The van der Waals surface area contributed by atoms with E-state index in [0.29, 0.717) is 6.42 Å². The molecule has 0 unspecified atom stereocenters. The minimum Gasteiger partial charge on any atom is -0.347 e. The number of nitrogens with zero attached hydrogens (tertiary/aromatic N) is 1. The molecule has 0 saturated carbocycles. The Morgan fingerprint density at radius 1 is 1.45 bits per heavy atom. The van der Waals surface area contributed by atoms with Gasteiger partial charge in [-0.15, -0.1) is 0 Å². The molecule has 0 aromatic heterocycles. The molecule has 0 aromatic carbocycles. The molecule has 1 aliphatic rings. The predicted molar refractivity (Wildman–Crippen MR) is 39.7 cm³/mol. The summed E-state index contributed by atoms with van der Waals surface area (Å²) < 4.78 is 10.7. The highest BCUT2D eigenvalue weighted by Gasteiger charge is 2.33. The molecule has 1 saturated heterocycles. The second-order valence-electron chi connectivity index (χ2n) is 3.30. The van der Waals surface area contributed by atoms with E-state index in [0.717, 1.165) is 0 Å². The molecular formula is C8H13NO2. The van der Waals surface area contributed by atoms with E-state index in [-0.39, 0.29) is 12.2 Å². The summed E-state index contributed by atoms with van der Waals surface area (Å²) in [4.78, 5) is 0. The van der Waals surface area contributed by atoms with Crippen LogP contribution in [0.1, 0.15) is 27.2 Å². The average molecular weight is 155 g/mol. The summed E-state index contributed by atoms with van der Waals surface area (Å²) in [5.74, 6) is -0.599. The third kappa shape index (κ3) is 2.18. The number of ether oxygens (including phenoxy) is 2. The van der Waals surface area contributed by atoms with Crippen LogP contribution >= 0.6 is 0 Å². The molecule has 0 amide bonds. The molecule has 0 radical (unpaired) electrons. The number of nitriles is 1.